The van der Waals surface area contributed by atoms with Crippen LogP contribution in [0.5, 0.6) is 11.5 Å². The molecule has 1 fully saturated rings. The molecule has 2 amide bonds. The molecule has 0 spiro atoms. The van der Waals surface area contributed by atoms with Crippen LogP contribution in [0.25, 0.3) is 6.08 Å². The van der Waals surface area contributed by atoms with E-state index in [0.29, 0.717) is 23.7 Å². The number of amides is 2. The molecule has 0 atom stereocenters. The third-order valence-electron chi connectivity index (χ3n) is 3.25. The number of imide groups is 1. The second kappa shape index (κ2) is 8.57. The van der Waals surface area contributed by atoms with Gasteiger partial charge in [0.1, 0.15) is 6.54 Å². The molecule has 1 heterocycles. The molecule has 134 valence electrons. The monoisotopic (exact) mass is 365 g/mol. The molecule has 25 heavy (non-hydrogen) atoms. The number of thioether (sulfide) groups is 1. The smallest absolute Gasteiger partial charge is 0.326 e. The number of hydrogen-bond donors (Lipinski definition) is 0. The molecule has 0 N–H and O–H groups in total. The molecular weight excluding hydrogens is 346 g/mol. The largest absolute Gasteiger partial charge is 0.493 e. The normalized spacial score (nSPS) is 15.6. The molecule has 0 bridgehead atoms. The molecule has 1 aliphatic heterocycles. The predicted octanol–water partition coefficient (Wildman–Crippen LogP) is 2.69. The van der Waals surface area contributed by atoms with Gasteiger partial charge in [0.25, 0.3) is 11.1 Å². The van der Waals surface area contributed by atoms with Gasteiger partial charge in [-0.1, -0.05) is 6.07 Å². The van der Waals surface area contributed by atoms with Gasteiger partial charge in [0, 0.05) is 0 Å². The summed E-state index contributed by atoms with van der Waals surface area (Å²) in [6.45, 7) is 3.83. The summed E-state index contributed by atoms with van der Waals surface area (Å²) >= 11 is 0.783. The van der Waals surface area contributed by atoms with Crippen molar-refractivity contribution in [3.63, 3.8) is 0 Å². The standard InChI is InChI=1S/C17H19NO6S/c1-4-23-12-7-6-11(8-13(12)22-3)9-14-16(20)18(17(21)25-14)10-15(19)24-5-2/h6-9H,4-5,10H2,1-3H3. The molecule has 1 aromatic rings. The summed E-state index contributed by atoms with van der Waals surface area (Å²) < 4.78 is 15.5. The minimum absolute atomic E-state index is 0.191. The van der Waals surface area contributed by atoms with Crippen LogP contribution < -0.4 is 9.47 Å². The van der Waals surface area contributed by atoms with Crippen LogP contribution in [0.1, 0.15) is 19.4 Å². The van der Waals surface area contributed by atoms with Crippen LogP contribution in [0.3, 0.4) is 0 Å². The highest BCUT2D eigenvalue weighted by Crippen LogP contribution is 2.34. The second-order valence-corrected chi connectivity index (χ2v) is 5.91. The van der Waals surface area contributed by atoms with Gasteiger partial charge in [-0.25, -0.2) is 0 Å². The lowest BCUT2D eigenvalue weighted by atomic mass is 10.2. The van der Waals surface area contributed by atoms with Crippen molar-refractivity contribution in [1.29, 1.82) is 0 Å². The van der Waals surface area contributed by atoms with Gasteiger partial charge in [0.2, 0.25) is 0 Å². The lowest BCUT2D eigenvalue weighted by molar-refractivity contribution is -0.145. The molecular formula is C17H19NO6S. The maximum atomic E-state index is 12.3. The molecule has 1 saturated heterocycles. The Morgan fingerprint density at radius 2 is 1.96 bits per heavy atom. The minimum Gasteiger partial charge on any atom is -0.493 e. The van der Waals surface area contributed by atoms with E-state index in [1.54, 1.807) is 31.2 Å². The summed E-state index contributed by atoms with van der Waals surface area (Å²) in [5, 5.41) is -0.498. The van der Waals surface area contributed by atoms with Crippen LogP contribution in [0.2, 0.25) is 0 Å². The van der Waals surface area contributed by atoms with Crippen LogP contribution in [-0.2, 0) is 14.3 Å². The molecule has 1 aliphatic rings. The number of benzene rings is 1. The molecule has 0 radical (unpaired) electrons. The fraction of sp³-hybridized carbons (Fsp3) is 0.353. The van der Waals surface area contributed by atoms with E-state index in [2.05, 4.69) is 0 Å². The van der Waals surface area contributed by atoms with E-state index in [0.717, 1.165) is 16.7 Å². The Labute approximate surface area is 149 Å². The van der Waals surface area contributed by atoms with Crippen molar-refractivity contribution in [3.8, 4) is 11.5 Å². The Balaban J connectivity index is 2.20. The number of carbonyl (C=O) groups is 3. The minimum atomic E-state index is -0.617. The molecule has 0 aromatic heterocycles. The Hall–Kier alpha value is -2.48. The van der Waals surface area contributed by atoms with Gasteiger partial charge >= 0.3 is 5.97 Å². The quantitative estimate of drug-likeness (QED) is 0.543. The van der Waals surface area contributed by atoms with E-state index < -0.39 is 17.1 Å². The van der Waals surface area contributed by atoms with Crippen LogP contribution in [0.4, 0.5) is 4.79 Å². The summed E-state index contributed by atoms with van der Waals surface area (Å²) in [7, 11) is 1.52. The molecule has 2 rings (SSSR count). The number of methoxy groups -OCH3 is 1. The van der Waals surface area contributed by atoms with Crippen molar-refractivity contribution in [2.45, 2.75) is 13.8 Å². The Bertz CT molecular complexity index is 715. The third kappa shape index (κ3) is 4.54. The first-order chi connectivity index (χ1) is 12.0. The van der Waals surface area contributed by atoms with Crippen molar-refractivity contribution in [2.75, 3.05) is 26.9 Å². The summed E-state index contributed by atoms with van der Waals surface area (Å²) in [4.78, 5) is 36.9. The fourth-order valence-corrected chi connectivity index (χ4v) is 3.01. The van der Waals surface area contributed by atoms with Gasteiger partial charge in [0.15, 0.2) is 11.5 Å². The number of rotatable bonds is 7. The topological polar surface area (TPSA) is 82.1 Å². The SMILES string of the molecule is CCOC(=O)CN1C(=O)SC(=Cc2ccc(OCC)c(OC)c2)C1=O. The van der Waals surface area contributed by atoms with E-state index in [1.165, 1.54) is 7.11 Å². The molecule has 0 saturated carbocycles. The van der Waals surface area contributed by atoms with Crippen LogP contribution in [0, 0.1) is 0 Å². The number of hydrogen-bond acceptors (Lipinski definition) is 7. The number of ether oxygens (including phenoxy) is 3. The van der Waals surface area contributed by atoms with E-state index in [1.807, 2.05) is 6.92 Å². The van der Waals surface area contributed by atoms with E-state index in [9.17, 15) is 14.4 Å². The van der Waals surface area contributed by atoms with Gasteiger partial charge in [0.05, 0.1) is 25.2 Å². The van der Waals surface area contributed by atoms with E-state index in [4.69, 9.17) is 14.2 Å². The van der Waals surface area contributed by atoms with Crippen molar-refractivity contribution < 1.29 is 28.6 Å². The maximum absolute atomic E-state index is 12.3. The van der Waals surface area contributed by atoms with Crippen molar-refractivity contribution in [2.24, 2.45) is 0 Å². The zero-order chi connectivity index (χ0) is 18.4. The zero-order valence-corrected chi connectivity index (χ0v) is 15.1. The summed E-state index contributed by atoms with van der Waals surface area (Å²) in [6.07, 6.45) is 1.58. The van der Waals surface area contributed by atoms with Gasteiger partial charge in [-0.2, -0.15) is 0 Å². The highest BCUT2D eigenvalue weighted by molar-refractivity contribution is 8.18. The molecule has 0 unspecified atom stereocenters. The third-order valence-corrected chi connectivity index (χ3v) is 4.16. The Morgan fingerprint density at radius 1 is 1.20 bits per heavy atom. The first-order valence-electron chi connectivity index (χ1n) is 7.72. The van der Waals surface area contributed by atoms with E-state index in [-0.39, 0.29) is 18.1 Å². The molecule has 0 aliphatic carbocycles. The fourth-order valence-electron chi connectivity index (χ4n) is 2.17. The van der Waals surface area contributed by atoms with Crippen LogP contribution >= 0.6 is 11.8 Å². The first-order valence-corrected chi connectivity index (χ1v) is 8.53. The average molecular weight is 365 g/mol. The average Bonchev–Trinajstić information content (AvgIpc) is 2.84. The lowest BCUT2D eigenvalue weighted by Crippen LogP contribution is -2.34. The summed E-state index contributed by atoms with van der Waals surface area (Å²) in [6, 6.07) is 5.20. The second-order valence-electron chi connectivity index (χ2n) is 4.92. The highest BCUT2D eigenvalue weighted by Gasteiger charge is 2.36. The lowest BCUT2D eigenvalue weighted by Gasteiger charge is -2.11. The number of carbonyl (C=O) groups excluding carboxylic acids is 3. The highest BCUT2D eigenvalue weighted by atomic mass is 32.2. The van der Waals surface area contributed by atoms with Gasteiger partial charge in [-0.3, -0.25) is 19.3 Å². The zero-order valence-electron chi connectivity index (χ0n) is 14.2. The molecule has 7 nitrogen and oxygen atoms in total. The van der Waals surface area contributed by atoms with Crippen LogP contribution in [-0.4, -0.2) is 48.9 Å². The molecule has 8 heteroatoms. The molecule has 1 aromatic carbocycles. The van der Waals surface area contributed by atoms with Crippen molar-refractivity contribution in [1.82, 2.24) is 4.90 Å². The van der Waals surface area contributed by atoms with Gasteiger partial charge in [-0.05, 0) is 49.4 Å². The Kier molecular flexibility index (Phi) is 6.46. The van der Waals surface area contributed by atoms with Gasteiger partial charge in [-0.15, -0.1) is 0 Å². The first kappa shape index (κ1) is 18.9. The van der Waals surface area contributed by atoms with Crippen LogP contribution in [0.15, 0.2) is 23.1 Å². The summed E-state index contributed by atoms with van der Waals surface area (Å²) in [5.74, 6) is -0.0105. The van der Waals surface area contributed by atoms with Crippen molar-refractivity contribution >= 4 is 35.0 Å². The predicted molar refractivity (Wildman–Crippen MR) is 93.5 cm³/mol. The number of esters is 1. The van der Waals surface area contributed by atoms with Gasteiger partial charge < -0.3 is 14.2 Å². The Morgan fingerprint density at radius 3 is 2.60 bits per heavy atom. The van der Waals surface area contributed by atoms with Crippen molar-refractivity contribution in [3.05, 3.63) is 28.7 Å². The number of nitrogens with zero attached hydrogens (tertiary/aromatic N) is 1. The summed E-state index contributed by atoms with van der Waals surface area (Å²) in [5.41, 5.74) is 0.682. The maximum Gasteiger partial charge on any atom is 0.326 e. The van der Waals surface area contributed by atoms with E-state index >= 15 is 0 Å².